The summed E-state index contributed by atoms with van der Waals surface area (Å²) in [4.78, 5) is 0. The maximum absolute atomic E-state index is 5.90. The van der Waals surface area contributed by atoms with Gasteiger partial charge >= 0.3 is 0 Å². The van der Waals surface area contributed by atoms with E-state index in [1.54, 1.807) is 0 Å². The monoisotopic (exact) mass is 760 g/mol. The zero-order chi connectivity index (χ0) is 39.1. The van der Waals surface area contributed by atoms with Crippen molar-refractivity contribution in [1.82, 2.24) is 10.4 Å². The molecule has 0 aromatic carbocycles. The van der Waals surface area contributed by atoms with Gasteiger partial charge in [-0.25, -0.2) is 5.01 Å². The topological polar surface area (TPSA) is 41.3 Å². The lowest BCUT2D eigenvalue weighted by atomic mass is 9.69. The summed E-state index contributed by atoms with van der Waals surface area (Å²) in [6.45, 7) is 11.4. The van der Waals surface area contributed by atoms with Crippen molar-refractivity contribution in [2.24, 2.45) is 5.73 Å². The van der Waals surface area contributed by atoms with Crippen LogP contribution in [0.2, 0.25) is 0 Å². The van der Waals surface area contributed by atoms with Crippen LogP contribution in [-0.2, 0) is 0 Å². The van der Waals surface area contributed by atoms with Gasteiger partial charge in [0, 0.05) is 17.6 Å². The molecule has 0 bridgehead atoms. The van der Waals surface area contributed by atoms with Crippen LogP contribution in [0.3, 0.4) is 0 Å². The molecule has 324 valence electrons. The van der Waals surface area contributed by atoms with Crippen LogP contribution in [0.5, 0.6) is 0 Å². The van der Waals surface area contributed by atoms with Gasteiger partial charge in [0.05, 0.1) is 0 Å². The summed E-state index contributed by atoms with van der Waals surface area (Å²) in [5.41, 5.74) is 11.0. The molecule has 1 aliphatic rings. The van der Waals surface area contributed by atoms with Crippen LogP contribution in [0, 0.1) is 0 Å². The van der Waals surface area contributed by atoms with Crippen molar-refractivity contribution in [2.45, 2.75) is 315 Å². The molecule has 0 radical (unpaired) electrons. The quantitative estimate of drug-likeness (QED) is 0.0608. The van der Waals surface area contributed by atoms with E-state index in [2.05, 4.69) is 38.1 Å². The Balaban J connectivity index is 3.21. The molecular formula is C51H105N3. The number of nitrogens with two attached hydrogens (primary N) is 1. The molecule has 0 unspecified atom stereocenters. The van der Waals surface area contributed by atoms with E-state index < -0.39 is 0 Å². The molecule has 0 aromatic rings. The molecule has 3 heteroatoms. The summed E-state index contributed by atoms with van der Waals surface area (Å²) >= 11 is 0. The van der Waals surface area contributed by atoms with E-state index in [0.29, 0.717) is 11.1 Å². The minimum absolute atomic E-state index is 0.347. The van der Waals surface area contributed by atoms with Crippen LogP contribution in [-0.4, -0.2) is 29.2 Å². The number of unbranched alkanes of at least 4 members (excludes halogenated alkanes) is 31. The zero-order valence-electron chi connectivity index (χ0n) is 38.3. The van der Waals surface area contributed by atoms with Crippen LogP contribution in [0.4, 0.5) is 0 Å². The molecule has 1 fully saturated rings. The number of nitrogens with one attached hydrogen (secondary N) is 1. The highest BCUT2D eigenvalue weighted by atomic mass is 15.6. The molecule has 3 N–H and O–H groups in total. The van der Waals surface area contributed by atoms with Gasteiger partial charge in [0.25, 0.3) is 0 Å². The highest BCUT2D eigenvalue weighted by Crippen LogP contribution is 2.48. The second kappa shape index (κ2) is 38.4. The fourth-order valence-electron chi connectivity index (χ4n) is 10.2. The maximum Gasteiger partial charge on any atom is 0.0360 e. The highest BCUT2D eigenvalue weighted by Gasteiger charge is 2.50. The van der Waals surface area contributed by atoms with E-state index in [1.807, 2.05) is 0 Å². The highest BCUT2D eigenvalue weighted by molar-refractivity contribution is 5.04. The van der Waals surface area contributed by atoms with E-state index in [1.165, 1.54) is 276 Å². The Kier molecular flexibility index (Phi) is 36.9. The summed E-state index contributed by atoms with van der Waals surface area (Å²) in [6, 6.07) is 0. The van der Waals surface area contributed by atoms with E-state index in [0.717, 1.165) is 13.1 Å². The minimum atomic E-state index is 0.347. The molecule has 0 aliphatic carbocycles. The summed E-state index contributed by atoms with van der Waals surface area (Å²) in [7, 11) is 0. The predicted molar refractivity (Wildman–Crippen MR) is 246 cm³/mol. The van der Waals surface area contributed by atoms with Gasteiger partial charge in [0.15, 0.2) is 0 Å². The van der Waals surface area contributed by atoms with Crippen molar-refractivity contribution in [1.29, 1.82) is 0 Å². The molecular weight excluding hydrogens is 655 g/mol. The fourth-order valence-corrected chi connectivity index (χ4v) is 10.2. The standard InChI is InChI=1S/C51H105N3/c1-5-9-13-17-21-25-29-35-42-50(43-36-30-26-22-18-14-10-6-2)46-41-47-51(44-37-31-27-23-19-15-11-7-3,45-38-32-28-24-20-16-12-8-4)54(50)53-49-40-34-33-39-48-52/h53H,5-49,52H2,1-4H3. The number of rotatable bonds is 43. The van der Waals surface area contributed by atoms with Crippen molar-refractivity contribution < 1.29 is 0 Å². The van der Waals surface area contributed by atoms with E-state index in [4.69, 9.17) is 5.73 Å². The van der Waals surface area contributed by atoms with Gasteiger partial charge in [-0.05, 0) is 64.3 Å². The Morgan fingerprint density at radius 3 is 0.907 bits per heavy atom. The second-order valence-corrected chi connectivity index (χ2v) is 18.6. The molecule has 1 aliphatic heterocycles. The third-order valence-corrected chi connectivity index (χ3v) is 13.6. The molecule has 0 amide bonds. The second-order valence-electron chi connectivity index (χ2n) is 18.6. The number of hydrogen-bond acceptors (Lipinski definition) is 3. The number of hydrazine groups is 1. The summed E-state index contributed by atoms with van der Waals surface area (Å²) < 4.78 is 0. The van der Waals surface area contributed by atoms with Crippen molar-refractivity contribution in [3.63, 3.8) is 0 Å². The summed E-state index contributed by atoms with van der Waals surface area (Å²) in [6.07, 6.45) is 61.0. The van der Waals surface area contributed by atoms with E-state index in [-0.39, 0.29) is 0 Å². The van der Waals surface area contributed by atoms with Crippen LogP contribution in [0.15, 0.2) is 0 Å². The smallest absolute Gasteiger partial charge is 0.0360 e. The Bertz CT molecular complexity index is 644. The Hall–Kier alpha value is -0.120. The largest absolute Gasteiger partial charge is 0.330 e. The minimum Gasteiger partial charge on any atom is -0.330 e. The van der Waals surface area contributed by atoms with Gasteiger partial charge in [-0.15, -0.1) is 0 Å². The van der Waals surface area contributed by atoms with Gasteiger partial charge in [0.2, 0.25) is 0 Å². The molecule has 1 heterocycles. The normalized spacial score (nSPS) is 15.7. The first kappa shape index (κ1) is 51.9. The first-order chi connectivity index (χ1) is 26.6. The first-order valence-electron chi connectivity index (χ1n) is 25.9. The maximum atomic E-state index is 5.90. The van der Waals surface area contributed by atoms with Crippen molar-refractivity contribution in [3.8, 4) is 0 Å². The van der Waals surface area contributed by atoms with Gasteiger partial charge < -0.3 is 5.73 Å². The third-order valence-electron chi connectivity index (χ3n) is 13.6. The average molecular weight is 760 g/mol. The van der Waals surface area contributed by atoms with Crippen LogP contribution >= 0.6 is 0 Å². The Labute approximate surface area is 343 Å². The lowest BCUT2D eigenvalue weighted by molar-refractivity contribution is -0.123. The molecule has 54 heavy (non-hydrogen) atoms. The van der Waals surface area contributed by atoms with Gasteiger partial charge in [-0.3, -0.25) is 5.43 Å². The number of nitrogens with zero attached hydrogens (tertiary/aromatic N) is 1. The molecule has 1 saturated heterocycles. The van der Waals surface area contributed by atoms with E-state index in [9.17, 15) is 0 Å². The lowest BCUT2D eigenvalue weighted by Crippen LogP contribution is -2.68. The molecule has 3 nitrogen and oxygen atoms in total. The van der Waals surface area contributed by atoms with Gasteiger partial charge in [-0.1, -0.05) is 246 Å². The van der Waals surface area contributed by atoms with Crippen LogP contribution in [0.25, 0.3) is 0 Å². The SMILES string of the molecule is CCCCCCCCCCC1(CCCCCCCCCC)CCCC(CCCCCCCCCC)(CCCCCCCCCC)N1NCCCCCCN. The zero-order valence-corrected chi connectivity index (χ0v) is 38.3. The first-order valence-corrected chi connectivity index (χ1v) is 25.9. The molecule has 1 rings (SSSR count). The fraction of sp³-hybridized carbons (Fsp3) is 1.00. The van der Waals surface area contributed by atoms with Gasteiger partial charge in [0.1, 0.15) is 0 Å². The molecule has 0 saturated carbocycles. The summed E-state index contributed by atoms with van der Waals surface area (Å²) in [5.74, 6) is 0. The molecule has 0 spiro atoms. The molecule has 0 aromatic heterocycles. The Morgan fingerprint density at radius 2 is 0.611 bits per heavy atom. The molecule has 0 atom stereocenters. The van der Waals surface area contributed by atoms with Crippen LogP contribution in [0.1, 0.15) is 304 Å². The van der Waals surface area contributed by atoms with Crippen molar-refractivity contribution in [3.05, 3.63) is 0 Å². The van der Waals surface area contributed by atoms with Crippen LogP contribution < -0.4 is 11.2 Å². The summed E-state index contributed by atoms with van der Waals surface area (Å²) in [5, 5.41) is 3.12. The van der Waals surface area contributed by atoms with Crippen molar-refractivity contribution in [2.75, 3.05) is 13.1 Å². The van der Waals surface area contributed by atoms with Crippen molar-refractivity contribution >= 4 is 0 Å². The van der Waals surface area contributed by atoms with E-state index >= 15 is 0 Å². The van der Waals surface area contributed by atoms with Gasteiger partial charge in [-0.2, -0.15) is 0 Å². The number of hydrogen-bond donors (Lipinski definition) is 2. The average Bonchev–Trinajstić information content (AvgIpc) is 3.18. The predicted octanol–water partition coefficient (Wildman–Crippen LogP) is 17.1. The third kappa shape index (κ3) is 26.0. The lowest BCUT2D eigenvalue weighted by Gasteiger charge is -2.59. The Morgan fingerprint density at radius 1 is 0.352 bits per heavy atom. The number of piperidine rings is 1.